The van der Waals surface area contributed by atoms with Crippen LogP contribution in [0.4, 0.5) is 5.69 Å². The molecule has 0 heterocycles. The lowest BCUT2D eigenvalue weighted by molar-refractivity contribution is 0.395. The van der Waals surface area contributed by atoms with Crippen molar-refractivity contribution in [2.45, 2.75) is 44.4 Å². The van der Waals surface area contributed by atoms with E-state index in [1.54, 1.807) is 28.6 Å². The summed E-state index contributed by atoms with van der Waals surface area (Å²) < 4.78 is 26.6. The summed E-state index contributed by atoms with van der Waals surface area (Å²) in [7, 11) is -3.20. The number of hydrogen-bond donors (Lipinski definition) is 1. The van der Waals surface area contributed by atoms with Gasteiger partial charge in [-0.2, -0.15) is 4.31 Å². The van der Waals surface area contributed by atoms with Gasteiger partial charge in [0.1, 0.15) is 0 Å². The molecular formula is C14H22N2O2S. The van der Waals surface area contributed by atoms with Crippen LogP contribution in [0, 0.1) is 0 Å². The zero-order valence-electron chi connectivity index (χ0n) is 11.4. The molecule has 1 aromatic rings. The summed E-state index contributed by atoms with van der Waals surface area (Å²) in [5.74, 6) is 0.0769. The fraction of sp³-hybridized carbons (Fsp3) is 0.571. The van der Waals surface area contributed by atoms with E-state index in [0.29, 0.717) is 12.2 Å². The van der Waals surface area contributed by atoms with Crippen LogP contribution in [0.15, 0.2) is 24.3 Å². The van der Waals surface area contributed by atoms with Crippen molar-refractivity contribution >= 4 is 15.7 Å². The molecule has 0 aliphatic heterocycles. The van der Waals surface area contributed by atoms with E-state index >= 15 is 0 Å². The Balaban J connectivity index is 2.08. The van der Waals surface area contributed by atoms with Crippen molar-refractivity contribution in [3.63, 3.8) is 0 Å². The van der Waals surface area contributed by atoms with Gasteiger partial charge in [-0.3, -0.25) is 0 Å². The van der Waals surface area contributed by atoms with Crippen molar-refractivity contribution in [3.8, 4) is 0 Å². The maximum Gasteiger partial charge on any atom is 0.218 e. The maximum absolute atomic E-state index is 12.5. The predicted octanol–water partition coefficient (Wildman–Crippen LogP) is 2.36. The molecule has 19 heavy (non-hydrogen) atoms. The fourth-order valence-electron chi connectivity index (χ4n) is 2.13. The van der Waals surface area contributed by atoms with Gasteiger partial charge in [0, 0.05) is 18.3 Å². The summed E-state index contributed by atoms with van der Waals surface area (Å²) in [6.07, 6.45) is 3.95. The summed E-state index contributed by atoms with van der Waals surface area (Å²) in [5.41, 5.74) is 7.07. The van der Waals surface area contributed by atoms with Gasteiger partial charge in [-0.1, -0.05) is 25.5 Å². The first-order chi connectivity index (χ1) is 9.03. The summed E-state index contributed by atoms with van der Waals surface area (Å²) >= 11 is 0. The lowest BCUT2D eigenvalue weighted by atomic mass is 10.2. The first kappa shape index (κ1) is 14.3. The number of benzene rings is 1. The summed E-state index contributed by atoms with van der Waals surface area (Å²) in [6.45, 7) is 2.73. The highest BCUT2D eigenvalue weighted by atomic mass is 32.2. The molecule has 1 aliphatic rings. The zero-order valence-corrected chi connectivity index (χ0v) is 12.2. The number of sulfonamides is 1. The topological polar surface area (TPSA) is 63.4 Å². The molecule has 0 aromatic heterocycles. The minimum absolute atomic E-state index is 0.0769. The first-order valence-electron chi connectivity index (χ1n) is 6.87. The van der Waals surface area contributed by atoms with Crippen molar-refractivity contribution in [2.24, 2.45) is 0 Å². The molecule has 0 unspecified atom stereocenters. The molecule has 1 aliphatic carbocycles. The quantitative estimate of drug-likeness (QED) is 0.781. The Bertz CT molecular complexity index is 507. The molecule has 2 rings (SSSR count). The van der Waals surface area contributed by atoms with Crippen molar-refractivity contribution in [1.82, 2.24) is 4.31 Å². The van der Waals surface area contributed by atoms with Crippen molar-refractivity contribution in [1.29, 1.82) is 0 Å². The minimum Gasteiger partial charge on any atom is -0.399 e. The second-order valence-corrected chi connectivity index (χ2v) is 7.11. The van der Waals surface area contributed by atoms with Crippen LogP contribution in [0.5, 0.6) is 0 Å². The predicted molar refractivity (Wildman–Crippen MR) is 78.1 cm³/mol. The van der Waals surface area contributed by atoms with Gasteiger partial charge in [0.2, 0.25) is 10.0 Å². The van der Waals surface area contributed by atoms with Crippen molar-refractivity contribution in [2.75, 3.05) is 12.3 Å². The van der Waals surface area contributed by atoms with Crippen LogP contribution in [0.3, 0.4) is 0 Å². The molecule has 0 radical (unpaired) electrons. The molecule has 0 saturated heterocycles. The number of hydrogen-bond acceptors (Lipinski definition) is 3. The molecule has 0 bridgehead atoms. The molecule has 106 valence electrons. The van der Waals surface area contributed by atoms with Gasteiger partial charge < -0.3 is 5.73 Å². The summed E-state index contributed by atoms with van der Waals surface area (Å²) in [6, 6.07) is 7.32. The summed E-state index contributed by atoms with van der Waals surface area (Å²) in [5, 5.41) is 0. The monoisotopic (exact) mass is 282 g/mol. The zero-order chi connectivity index (χ0) is 13.9. The Labute approximate surface area is 115 Å². The van der Waals surface area contributed by atoms with Gasteiger partial charge in [0.25, 0.3) is 0 Å². The van der Waals surface area contributed by atoms with Crippen LogP contribution < -0.4 is 5.73 Å². The number of unbranched alkanes of at least 4 members (excludes halogenated alkanes) is 1. The molecule has 5 heteroatoms. The van der Waals surface area contributed by atoms with E-state index in [4.69, 9.17) is 5.73 Å². The highest BCUT2D eigenvalue weighted by Gasteiger charge is 2.36. The van der Waals surface area contributed by atoms with Gasteiger partial charge in [0.05, 0.1) is 5.75 Å². The van der Waals surface area contributed by atoms with Crippen LogP contribution in [0.2, 0.25) is 0 Å². The van der Waals surface area contributed by atoms with Gasteiger partial charge in [0.15, 0.2) is 0 Å². The fourth-order valence-corrected chi connectivity index (χ4v) is 3.98. The standard InChI is InChI=1S/C14H22N2O2S/c1-2-3-10-16(14-8-9-14)19(17,18)11-12-4-6-13(15)7-5-12/h4-7,14H,2-3,8-11,15H2,1H3. The summed E-state index contributed by atoms with van der Waals surface area (Å²) in [4.78, 5) is 0. The van der Waals surface area contributed by atoms with E-state index in [1.807, 2.05) is 0 Å². The third-order valence-electron chi connectivity index (χ3n) is 3.37. The lowest BCUT2D eigenvalue weighted by Crippen LogP contribution is -2.35. The van der Waals surface area contributed by atoms with Crippen LogP contribution in [-0.2, 0) is 15.8 Å². The average Bonchev–Trinajstić information content (AvgIpc) is 3.16. The van der Waals surface area contributed by atoms with Gasteiger partial charge in [-0.05, 0) is 37.0 Å². The largest absolute Gasteiger partial charge is 0.399 e. The Morgan fingerprint density at radius 2 is 1.89 bits per heavy atom. The van der Waals surface area contributed by atoms with Gasteiger partial charge in [-0.25, -0.2) is 8.42 Å². The van der Waals surface area contributed by atoms with E-state index in [2.05, 4.69) is 6.92 Å². The molecule has 4 nitrogen and oxygen atoms in total. The number of rotatable bonds is 7. The van der Waals surface area contributed by atoms with E-state index in [1.165, 1.54) is 0 Å². The SMILES string of the molecule is CCCCN(C1CC1)S(=O)(=O)Cc1ccc(N)cc1. The van der Waals surface area contributed by atoms with Crippen molar-refractivity contribution < 1.29 is 8.42 Å². The average molecular weight is 282 g/mol. The molecule has 0 spiro atoms. The Morgan fingerprint density at radius 3 is 2.42 bits per heavy atom. The minimum atomic E-state index is -3.20. The second-order valence-electron chi connectivity index (χ2n) is 5.19. The molecule has 1 aromatic carbocycles. The smallest absolute Gasteiger partial charge is 0.218 e. The Morgan fingerprint density at radius 1 is 1.26 bits per heavy atom. The second kappa shape index (κ2) is 5.92. The maximum atomic E-state index is 12.5. The Kier molecular flexibility index (Phi) is 4.47. The molecule has 2 N–H and O–H groups in total. The number of nitrogens with zero attached hydrogens (tertiary/aromatic N) is 1. The van der Waals surface area contributed by atoms with Crippen LogP contribution in [-0.4, -0.2) is 25.3 Å². The first-order valence-corrected chi connectivity index (χ1v) is 8.48. The van der Waals surface area contributed by atoms with Gasteiger partial charge in [-0.15, -0.1) is 0 Å². The number of anilines is 1. The van der Waals surface area contributed by atoms with Gasteiger partial charge >= 0.3 is 0 Å². The van der Waals surface area contributed by atoms with Crippen LogP contribution in [0.1, 0.15) is 38.2 Å². The molecule has 0 amide bonds. The number of nitrogen functional groups attached to an aromatic ring is 1. The van der Waals surface area contributed by atoms with E-state index in [-0.39, 0.29) is 11.8 Å². The molecule has 1 saturated carbocycles. The molecular weight excluding hydrogens is 260 g/mol. The van der Waals surface area contributed by atoms with E-state index in [9.17, 15) is 8.42 Å². The van der Waals surface area contributed by atoms with Crippen LogP contribution >= 0.6 is 0 Å². The number of nitrogens with two attached hydrogens (primary N) is 1. The third-order valence-corrected chi connectivity index (χ3v) is 5.27. The normalized spacial score (nSPS) is 15.9. The molecule has 0 atom stereocenters. The van der Waals surface area contributed by atoms with Crippen LogP contribution in [0.25, 0.3) is 0 Å². The third kappa shape index (κ3) is 3.94. The lowest BCUT2D eigenvalue weighted by Gasteiger charge is -2.21. The highest BCUT2D eigenvalue weighted by Crippen LogP contribution is 2.30. The highest BCUT2D eigenvalue weighted by molar-refractivity contribution is 7.88. The van der Waals surface area contributed by atoms with E-state index in [0.717, 1.165) is 31.2 Å². The Hall–Kier alpha value is -1.07. The van der Waals surface area contributed by atoms with E-state index < -0.39 is 10.0 Å². The molecule has 1 fully saturated rings. The van der Waals surface area contributed by atoms with Crippen molar-refractivity contribution in [3.05, 3.63) is 29.8 Å².